The van der Waals surface area contributed by atoms with Crippen LogP contribution >= 0.6 is 15.9 Å². The molecule has 0 amide bonds. The Bertz CT molecular complexity index is 606. The second-order valence-electron chi connectivity index (χ2n) is 6.01. The molecular weight excluding hydrogens is 314 g/mol. The van der Waals surface area contributed by atoms with Crippen molar-refractivity contribution in [2.75, 3.05) is 13.1 Å². The third-order valence-corrected chi connectivity index (χ3v) is 4.90. The second kappa shape index (κ2) is 5.49. The van der Waals surface area contributed by atoms with Gasteiger partial charge in [0.05, 0.1) is 11.0 Å². The van der Waals surface area contributed by atoms with Crippen molar-refractivity contribution >= 4 is 27.0 Å². The lowest BCUT2D eigenvalue weighted by molar-refractivity contribution is 0.278. The Morgan fingerprint density at radius 2 is 2.25 bits per heavy atom. The molecule has 1 aliphatic heterocycles. The first-order valence-electron chi connectivity index (χ1n) is 7.52. The summed E-state index contributed by atoms with van der Waals surface area (Å²) in [7, 11) is 0. The van der Waals surface area contributed by atoms with Gasteiger partial charge in [0.1, 0.15) is 5.82 Å². The summed E-state index contributed by atoms with van der Waals surface area (Å²) in [6.07, 6.45) is 4.86. The maximum absolute atomic E-state index is 4.95. The van der Waals surface area contributed by atoms with Gasteiger partial charge in [-0.2, -0.15) is 0 Å². The molecule has 108 valence electrons. The van der Waals surface area contributed by atoms with Gasteiger partial charge < -0.3 is 10.3 Å². The topological polar surface area (TPSA) is 40.7 Å². The minimum Gasteiger partial charge on any atom is -0.341 e. The van der Waals surface area contributed by atoms with Crippen molar-refractivity contribution in [3.63, 3.8) is 0 Å². The van der Waals surface area contributed by atoms with Gasteiger partial charge in [0, 0.05) is 16.4 Å². The SMILES string of the molecule is CCCC1(c2nc3c(C)cc(Br)cc3[nH]2)CCCNC1. The van der Waals surface area contributed by atoms with Crippen molar-refractivity contribution in [3.8, 4) is 0 Å². The number of H-pyrrole nitrogens is 1. The predicted octanol–water partition coefficient (Wildman–Crippen LogP) is 4.06. The summed E-state index contributed by atoms with van der Waals surface area (Å²) in [6, 6.07) is 4.27. The van der Waals surface area contributed by atoms with Crippen molar-refractivity contribution in [3.05, 3.63) is 28.0 Å². The fourth-order valence-electron chi connectivity index (χ4n) is 3.48. The van der Waals surface area contributed by atoms with Gasteiger partial charge in [0.25, 0.3) is 0 Å². The van der Waals surface area contributed by atoms with Gasteiger partial charge in [0.15, 0.2) is 0 Å². The highest BCUT2D eigenvalue weighted by Gasteiger charge is 2.36. The van der Waals surface area contributed by atoms with Crippen molar-refractivity contribution in [2.24, 2.45) is 0 Å². The number of hydrogen-bond acceptors (Lipinski definition) is 2. The summed E-state index contributed by atoms with van der Waals surface area (Å²) < 4.78 is 1.11. The number of hydrogen-bond donors (Lipinski definition) is 2. The molecule has 2 aromatic rings. The normalized spacial score (nSPS) is 23.4. The van der Waals surface area contributed by atoms with E-state index in [9.17, 15) is 0 Å². The monoisotopic (exact) mass is 335 g/mol. The highest BCUT2D eigenvalue weighted by molar-refractivity contribution is 9.10. The van der Waals surface area contributed by atoms with Crippen LogP contribution in [0.1, 0.15) is 44.0 Å². The molecule has 1 fully saturated rings. The number of piperidine rings is 1. The first-order valence-corrected chi connectivity index (χ1v) is 8.31. The van der Waals surface area contributed by atoms with Crippen molar-refractivity contribution < 1.29 is 0 Å². The van der Waals surface area contributed by atoms with Crippen LogP contribution in [0.3, 0.4) is 0 Å². The fraction of sp³-hybridized carbons (Fsp3) is 0.562. The molecule has 20 heavy (non-hydrogen) atoms. The van der Waals surface area contributed by atoms with Gasteiger partial charge in [-0.15, -0.1) is 0 Å². The van der Waals surface area contributed by atoms with Crippen molar-refractivity contribution in [1.82, 2.24) is 15.3 Å². The zero-order valence-corrected chi connectivity index (χ0v) is 13.8. The van der Waals surface area contributed by atoms with Crippen molar-refractivity contribution in [1.29, 1.82) is 0 Å². The lowest BCUT2D eigenvalue weighted by Gasteiger charge is -2.36. The van der Waals surface area contributed by atoms with Gasteiger partial charge in [0.2, 0.25) is 0 Å². The standard InChI is InChI=1S/C16H22BrN3/c1-3-5-16(6-4-7-18-10-16)15-19-13-9-12(17)8-11(2)14(13)20-15/h8-9,18H,3-7,10H2,1-2H3,(H,19,20). The molecule has 0 saturated carbocycles. The van der Waals surface area contributed by atoms with Crippen LogP contribution in [0.25, 0.3) is 11.0 Å². The van der Waals surface area contributed by atoms with E-state index in [-0.39, 0.29) is 5.41 Å². The fourth-order valence-corrected chi connectivity index (χ4v) is 4.05. The number of aryl methyl sites for hydroxylation is 1. The number of imidazole rings is 1. The van der Waals surface area contributed by atoms with E-state index in [1.807, 2.05) is 0 Å². The first kappa shape index (κ1) is 14.1. The number of rotatable bonds is 3. The molecule has 1 atom stereocenters. The minimum absolute atomic E-state index is 0.185. The average molecular weight is 336 g/mol. The molecule has 2 N–H and O–H groups in total. The Balaban J connectivity index is 2.09. The van der Waals surface area contributed by atoms with Gasteiger partial charge >= 0.3 is 0 Å². The summed E-state index contributed by atoms with van der Waals surface area (Å²) in [5.41, 5.74) is 3.68. The summed E-state index contributed by atoms with van der Waals surface area (Å²) in [6.45, 7) is 6.57. The smallest absolute Gasteiger partial charge is 0.114 e. The molecule has 0 bridgehead atoms. The zero-order valence-electron chi connectivity index (χ0n) is 12.2. The Labute approximate surface area is 128 Å². The van der Waals surface area contributed by atoms with E-state index in [0.29, 0.717) is 0 Å². The number of halogens is 1. The van der Waals surface area contributed by atoms with Gasteiger partial charge in [-0.05, 0) is 50.4 Å². The molecule has 0 aliphatic carbocycles. The number of benzene rings is 1. The van der Waals surface area contributed by atoms with Crippen LogP contribution in [0.5, 0.6) is 0 Å². The van der Waals surface area contributed by atoms with Crippen LogP contribution in [0.15, 0.2) is 16.6 Å². The molecule has 1 aromatic carbocycles. The van der Waals surface area contributed by atoms with E-state index in [1.54, 1.807) is 0 Å². The third-order valence-electron chi connectivity index (χ3n) is 4.45. The summed E-state index contributed by atoms with van der Waals surface area (Å²) >= 11 is 3.57. The van der Waals surface area contributed by atoms with E-state index < -0.39 is 0 Å². The van der Waals surface area contributed by atoms with Gasteiger partial charge in [-0.25, -0.2) is 4.98 Å². The highest BCUT2D eigenvalue weighted by Crippen LogP contribution is 2.35. The molecule has 1 saturated heterocycles. The molecule has 0 spiro atoms. The second-order valence-corrected chi connectivity index (χ2v) is 6.93. The van der Waals surface area contributed by atoms with Gasteiger partial charge in [-0.3, -0.25) is 0 Å². The molecule has 2 heterocycles. The summed E-state index contributed by atoms with van der Waals surface area (Å²) in [5, 5.41) is 3.56. The molecule has 1 aliphatic rings. The number of aromatic amines is 1. The predicted molar refractivity (Wildman–Crippen MR) is 87.2 cm³/mol. The van der Waals surface area contributed by atoms with Crippen LogP contribution < -0.4 is 5.32 Å². The quantitative estimate of drug-likeness (QED) is 0.888. The molecule has 0 radical (unpaired) electrons. The van der Waals surface area contributed by atoms with Gasteiger partial charge in [-0.1, -0.05) is 29.3 Å². The maximum atomic E-state index is 4.95. The summed E-state index contributed by atoms with van der Waals surface area (Å²) in [5.74, 6) is 1.17. The van der Waals surface area contributed by atoms with E-state index in [0.717, 1.165) is 28.6 Å². The first-order chi connectivity index (χ1) is 9.64. The Kier molecular flexibility index (Phi) is 3.87. The van der Waals surface area contributed by atoms with Crippen LogP contribution in [0, 0.1) is 6.92 Å². The third kappa shape index (κ3) is 2.40. The summed E-state index contributed by atoms with van der Waals surface area (Å²) in [4.78, 5) is 8.54. The van der Waals surface area contributed by atoms with Crippen LogP contribution in [0.2, 0.25) is 0 Å². The largest absolute Gasteiger partial charge is 0.341 e. The number of nitrogens with zero attached hydrogens (tertiary/aromatic N) is 1. The zero-order chi connectivity index (χ0) is 14.2. The molecule has 1 aromatic heterocycles. The number of fused-ring (bicyclic) bond motifs is 1. The van der Waals surface area contributed by atoms with Crippen molar-refractivity contribution in [2.45, 2.75) is 44.9 Å². The van der Waals surface area contributed by atoms with E-state index in [2.05, 4.69) is 52.2 Å². The lowest BCUT2D eigenvalue weighted by Crippen LogP contribution is -2.44. The Hall–Kier alpha value is -0.870. The maximum Gasteiger partial charge on any atom is 0.114 e. The van der Waals surface area contributed by atoms with Crippen LogP contribution in [-0.2, 0) is 5.41 Å². The molecular formula is C16H22BrN3. The number of aromatic nitrogens is 2. The highest BCUT2D eigenvalue weighted by atomic mass is 79.9. The van der Waals surface area contributed by atoms with E-state index in [1.165, 1.54) is 37.1 Å². The van der Waals surface area contributed by atoms with E-state index >= 15 is 0 Å². The van der Waals surface area contributed by atoms with Crippen LogP contribution in [0.4, 0.5) is 0 Å². The average Bonchev–Trinajstić information content (AvgIpc) is 2.85. The molecule has 1 unspecified atom stereocenters. The number of nitrogens with one attached hydrogen (secondary N) is 2. The Morgan fingerprint density at radius 3 is 2.95 bits per heavy atom. The molecule has 3 rings (SSSR count). The van der Waals surface area contributed by atoms with E-state index in [4.69, 9.17) is 4.98 Å². The van der Waals surface area contributed by atoms with Crippen LogP contribution in [-0.4, -0.2) is 23.1 Å². The minimum atomic E-state index is 0.185. The molecule has 3 nitrogen and oxygen atoms in total. The Morgan fingerprint density at radius 1 is 1.40 bits per heavy atom. The molecule has 4 heteroatoms. The lowest BCUT2D eigenvalue weighted by atomic mass is 9.76.